The highest BCUT2D eigenvalue weighted by molar-refractivity contribution is 7.92. The Morgan fingerprint density at radius 2 is 1.88 bits per heavy atom. The number of amides is 1. The minimum absolute atomic E-state index is 0.160. The van der Waals surface area contributed by atoms with Crippen LogP contribution in [0.25, 0.3) is 11.0 Å². The van der Waals surface area contributed by atoms with Gasteiger partial charge in [-0.15, -0.1) is 0 Å². The highest BCUT2D eigenvalue weighted by Crippen LogP contribution is 2.25. The molecule has 2 aromatic carbocycles. The molecule has 0 spiro atoms. The molecule has 10 heteroatoms. The standard InChI is InChI=1S/C24H30N4O5S/c1-5-16(2)21(24(30)33-3)26-23(29)19-13-18(27-34(4,31)32)14-20-22(19)28(15-25-20)12-11-17-9-7-6-8-10-17/h6-10,13-16,21,27H,5,11-12H2,1-4H3,(H,26,29)/t16-,21-/m0/s1. The van der Waals surface area contributed by atoms with Crippen molar-refractivity contribution in [2.45, 2.75) is 39.3 Å². The van der Waals surface area contributed by atoms with Gasteiger partial charge in [0, 0.05) is 6.54 Å². The van der Waals surface area contributed by atoms with E-state index in [1.165, 1.54) is 13.2 Å². The number of carbonyl (C=O) groups is 2. The first-order chi connectivity index (χ1) is 16.1. The number of aromatic nitrogens is 2. The second-order valence-electron chi connectivity index (χ2n) is 8.30. The molecule has 0 aliphatic rings. The second kappa shape index (κ2) is 10.7. The summed E-state index contributed by atoms with van der Waals surface area (Å²) in [5.74, 6) is -1.21. The van der Waals surface area contributed by atoms with Crippen molar-refractivity contribution in [1.29, 1.82) is 0 Å². The molecule has 34 heavy (non-hydrogen) atoms. The van der Waals surface area contributed by atoms with Crippen LogP contribution in [-0.4, -0.2) is 49.3 Å². The lowest BCUT2D eigenvalue weighted by Crippen LogP contribution is -2.45. The van der Waals surface area contributed by atoms with Crippen LogP contribution in [0.15, 0.2) is 48.8 Å². The van der Waals surface area contributed by atoms with Gasteiger partial charge in [-0.25, -0.2) is 18.2 Å². The van der Waals surface area contributed by atoms with Gasteiger partial charge < -0.3 is 14.6 Å². The molecule has 3 aromatic rings. The third-order valence-corrected chi connectivity index (χ3v) is 6.31. The number of fused-ring (bicyclic) bond motifs is 1. The molecule has 0 bridgehead atoms. The van der Waals surface area contributed by atoms with Gasteiger partial charge in [0.25, 0.3) is 5.91 Å². The molecule has 0 radical (unpaired) electrons. The van der Waals surface area contributed by atoms with Crippen molar-refractivity contribution in [1.82, 2.24) is 14.9 Å². The molecule has 3 rings (SSSR count). The molecule has 1 heterocycles. The molecule has 0 fully saturated rings. The number of benzene rings is 2. The number of rotatable bonds is 10. The van der Waals surface area contributed by atoms with Gasteiger partial charge in [-0.1, -0.05) is 50.6 Å². The highest BCUT2D eigenvalue weighted by atomic mass is 32.2. The van der Waals surface area contributed by atoms with E-state index >= 15 is 0 Å². The maximum atomic E-state index is 13.4. The van der Waals surface area contributed by atoms with E-state index in [4.69, 9.17) is 4.74 Å². The Kier molecular flexibility index (Phi) is 7.93. The molecule has 2 N–H and O–H groups in total. The van der Waals surface area contributed by atoms with Crippen molar-refractivity contribution in [3.8, 4) is 0 Å². The number of carbonyl (C=O) groups excluding carboxylic acids is 2. The number of hydrogen-bond donors (Lipinski definition) is 2. The molecule has 9 nitrogen and oxygen atoms in total. The van der Waals surface area contributed by atoms with Gasteiger partial charge in [0.2, 0.25) is 10.0 Å². The first-order valence-corrected chi connectivity index (χ1v) is 12.9. The van der Waals surface area contributed by atoms with Gasteiger partial charge >= 0.3 is 5.97 Å². The maximum absolute atomic E-state index is 13.4. The number of methoxy groups -OCH3 is 1. The number of ether oxygens (including phenoxy) is 1. The summed E-state index contributed by atoms with van der Waals surface area (Å²) in [5, 5.41) is 2.78. The zero-order chi connectivity index (χ0) is 24.9. The molecule has 0 saturated heterocycles. The van der Waals surface area contributed by atoms with Gasteiger partial charge in [0.15, 0.2) is 0 Å². The average Bonchev–Trinajstić information content (AvgIpc) is 3.21. The Balaban J connectivity index is 2.03. The number of nitrogens with one attached hydrogen (secondary N) is 2. The zero-order valence-corrected chi connectivity index (χ0v) is 20.6. The number of esters is 1. The van der Waals surface area contributed by atoms with Crippen LogP contribution >= 0.6 is 0 Å². The Labute approximate surface area is 199 Å². The normalized spacial score (nSPS) is 13.3. The summed E-state index contributed by atoms with van der Waals surface area (Å²) in [6.45, 7) is 4.33. The Morgan fingerprint density at radius 3 is 2.50 bits per heavy atom. The molecule has 0 aliphatic carbocycles. The minimum Gasteiger partial charge on any atom is -0.467 e. The van der Waals surface area contributed by atoms with Crippen LogP contribution in [0, 0.1) is 5.92 Å². The van der Waals surface area contributed by atoms with Crippen molar-refractivity contribution in [3.05, 3.63) is 59.9 Å². The van der Waals surface area contributed by atoms with Crippen molar-refractivity contribution < 1.29 is 22.7 Å². The van der Waals surface area contributed by atoms with E-state index in [1.54, 1.807) is 12.4 Å². The lowest BCUT2D eigenvalue weighted by Gasteiger charge is -2.22. The number of anilines is 1. The topological polar surface area (TPSA) is 119 Å². The van der Waals surface area contributed by atoms with Gasteiger partial charge in [-0.2, -0.15) is 0 Å². The number of aryl methyl sites for hydroxylation is 2. The van der Waals surface area contributed by atoms with Gasteiger partial charge in [0.05, 0.1) is 42.0 Å². The predicted octanol–water partition coefficient (Wildman–Crippen LogP) is 2.97. The number of sulfonamides is 1. The molecule has 2 atom stereocenters. The lowest BCUT2D eigenvalue weighted by molar-refractivity contribution is -0.144. The fraction of sp³-hybridized carbons (Fsp3) is 0.375. The van der Waals surface area contributed by atoms with E-state index in [0.29, 0.717) is 30.4 Å². The smallest absolute Gasteiger partial charge is 0.328 e. The summed E-state index contributed by atoms with van der Waals surface area (Å²) in [6, 6.07) is 12.1. The average molecular weight is 487 g/mol. The van der Waals surface area contributed by atoms with Crippen molar-refractivity contribution in [3.63, 3.8) is 0 Å². The number of nitrogens with zero attached hydrogens (tertiary/aromatic N) is 2. The fourth-order valence-corrected chi connectivity index (χ4v) is 4.28. The van der Waals surface area contributed by atoms with Crippen molar-refractivity contribution >= 4 is 38.6 Å². The second-order valence-corrected chi connectivity index (χ2v) is 10.0. The Bertz CT molecular complexity index is 1270. The maximum Gasteiger partial charge on any atom is 0.328 e. The van der Waals surface area contributed by atoms with Crippen LogP contribution in [0.3, 0.4) is 0 Å². The molecular weight excluding hydrogens is 456 g/mol. The van der Waals surface area contributed by atoms with E-state index in [0.717, 1.165) is 11.8 Å². The van der Waals surface area contributed by atoms with Gasteiger partial charge in [-0.05, 0) is 30.0 Å². The Hall–Kier alpha value is -3.40. The number of hydrogen-bond acceptors (Lipinski definition) is 6. The largest absolute Gasteiger partial charge is 0.467 e. The van der Waals surface area contributed by atoms with Crippen LogP contribution in [-0.2, 0) is 32.5 Å². The summed E-state index contributed by atoms with van der Waals surface area (Å²) in [4.78, 5) is 30.1. The van der Waals surface area contributed by atoms with Gasteiger partial charge in [0.1, 0.15) is 6.04 Å². The first kappa shape index (κ1) is 25.2. The lowest BCUT2D eigenvalue weighted by atomic mass is 9.98. The van der Waals surface area contributed by atoms with Crippen molar-refractivity contribution in [2.75, 3.05) is 18.1 Å². The third kappa shape index (κ3) is 6.13. The summed E-state index contributed by atoms with van der Waals surface area (Å²) in [6.07, 6.45) is 4.03. The fourth-order valence-electron chi connectivity index (χ4n) is 3.73. The van der Waals surface area contributed by atoms with Crippen LogP contribution in [0.2, 0.25) is 0 Å². The van der Waals surface area contributed by atoms with Gasteiger partial charge in [-0.3, -0.25) is 9.52 Å². The molecular formula is C24H30N4O5S. The van der Waals surface area contributed by atoms with Crippen LogP contribution < -0.4 is 10.0 Å². The van der Waals surface area contributed by atoms with E-state index in [1.807, 2.05) is 48.7 Å². The molecule has 182 valence electrons. The summed E-state index contributed by atoms with van der Waals surface area (Å²) < 4.78 is 32.8. The quantitative estimate of drug-likeness (QED) is 0.425. The van der Waals surface area contributed by atoms with Crippen molar-refractivity contribution in [2.24, 2.45) is 5.92 Å². The molecule has 1 aromatic heterocycles. The zero-order valence-electron chi connectivity index (χ0n) is 19.7. The molecule has 0 unspecified atom stereocenters. The predicted molar refractivity (Wildman–Crippen MR) is 131 cm³/mol. The summed E-state index contributed by atoms with van der Waals surface area (Å²) in [5.41, 5.74) is 2.58. The van der Waals surface area contributed by atoms with E-state index < -0.39 is 27.9 Å². The Morgan fingerprint density at radius 1 is 1.18 bits per heavy atom. The first-order valence-electron chi connectivity index (χ1n) is 11.0. The van der Waals surface area contributed by atoms with E-state index in [-0.39, 0.29) is 17.2 Å². The summed E-state index contributed by atoms with van der Waals surface area (Å²) in [7, 11) is -2.30. The molecule has 1 amide bonds. The summed E-state index contributed by atoms with van der Waals surface area (Å²) >= 11 is 0. The SMILES string of the molecule is CC[C@H](C)[C@H](NC(=O)c1cc(NS(C)(=O)=O)cc2ncn(CCc3ccccc3)c12)C(=O)OC. The third-order valence-electron chi connectivity index (χ3n) is 5.70. The number of imidazole rings is 1. The molecule has 0 aliphatic heterocycles. The monoisotopic (exact) mass is 486 g/mol. The van der Waals surface area contributed by atoms with Crippen LogP contribution in [0.1, 0.15) is 36.2 Å². The van der Waals surface area contributed by atoms with E-state index in [9.17, 15) is 18.0 Å². The van der Waals surface area contributed by atoms with Crippen LogP contribution in [0.5, 0.6) is 0 Å². The highest BCUT2D eigenvalue weighted by Gasteiger charge is 2.28. The molecule has 0 saturated carbocycles. The van der Waals surface area contributed by atoms with Crippen LogP contribution in [0.4, 0.5) is 5.69 Å². The minimum atomic E-state index is -3.58. The van der Waals surface area contributed by atoms with E-state index in [2.05, 4.69) is 15.0 Å².